The summed E-state index contributed by atoms with van der Waals surface area (Å²) in [5, 5.41) is 0. The molecule has 2 aliphatic heterocycles. The Labute approximate surface area is 203 Å². The number of hydrogen-bond donors (Lipinski definition) is 0. The van der Waals surface area contributed by atoms with Gasteiger partial charge in [0.1, 0.15) is 36.2 Å². The number of hydrogen-bond acceptors (Lipinski definition) is 6. The van der Waals surface area contributed by atoms with Gasteiger partial charge in [0.25, 0.3) is 11.8 Å². The molecule has 36 heavy (non-hydrogen) atoms. The summed E-state index contributed by atoms with van der Waals surface area (Å²) in [6, 6.07) is 6.52. The van der Waals surface area contributed by atoms with Crippen LogP contribution in [0.15, 0.2) is 30.3 Å². The molecule has 3 heterocycles. The van der Waals surface area contributed by atoms with Gasteiger partial charge in [-0.25, -0.2) is 13.8 Å². The van der Waals surface area contributed by atoms with Gasteiger partial charge >= 0.3 is 6.18 Å². The molecule has 1 amide bonds. The number of aromatic nitrogens is 1. The molecule has 0 spiro atoms. The zero-order valence-electron chi connectivity index (χ0n) is 19.2. The first-order valence-corrected chi connectivity index (χ1v) is 11.3. The molecule has 3 fully saturated rings. The molecule has 2 aromatic rings. The molecule has 194 valence electrons. The van der Waals surface area contributed by atoms with Crippen LogP contribution in [0.4, 0.5) is 22.0 Å². The molecular weight excluding hydrogens is 491 g/mol. The molecular formula is C24H23F5N2O5. The Morgan fingerprint density at radius 2 is 1.97 bits per heavy atom. The monoisotopic (exact) mass is 514 g/mol. The summed E-state index contributed by atoms with van der Waals surface area (Å²) in [6.07, 6.45) is -4.97. The zero-order valence-corrected chi connectivity index (χ0v) is 19.2. The van der Waals surface area contributed by atoms with Crippen LogP contribution in [0.5, 0.6) is 11.6 Å². The van der Waals surface area contributed by atoms with Gasteiger partial charge in [-0.05, 0) is 31.0 Å². The van der Waals surface area contributed by atoms with Crippen molar-refractivity contribution >= 4 is 5.91 Å². The maximum absolute atomic E-state index is 14.6. The summed E-state index contributed by atoms with van der Waals surface area (Å²) in [5.41, 5.74) is -3.08. The van der Waals surface area contributed by atoms with Crippen LogP contribution in [0.1, 0.15) is 35.3 Å². The van der Waals surface area contributed by atoms with E-state index in [1.54, 1.807) is 0 Å². The van der Waals surface area contributed by atoms with Crippen molar-refractivity contribution < 1.29 is 45.7 Å². The Hall–Kier alpha value is -2.99. The maximum atomic E-state index is 14.6. The fraction of sp³-hybridized carbons (Fsp3) is 0.500. The average Bonchev–Trinajstić information content (AvgIpc) is 3.55. The number of nitrogens with zero attached hydrogens (tertiary/aromatic N) is 2. The lowest BCUT2D eigenvalue weighted by Crippen LogP contribution is -2.54. The van der Waals surface area contributed by atoms with E-state index in [0.717, 1.165) is 6.07 Å². The highest BCUT2D eigenvalue weighted by atomic mass is 19.4. The molecule has 2 unspecified atom stereocenters. The van der Waals surface area contributed by atoms with Gasteiger partial charge in [-0.3, -0.25) is 4.79 Å². The summed E-state index contributed by atoms with van der Waals surface area (Å²) < 4.78 is 89.9. The van der Waals surface area contributed by atoms with Gasteiger partial charge in [-0.2, -0.15) is 13.2 Å². The number of likely N-dealkylation sites (tertiary alicyclic amines) is 1. The minimum atomic E-state index is -4.37. The third-order valence-corrected chi connectivity index (χ3v) is 7.14. The summed E-state index contributed by atoms with van der Waals surface area (Å²) in [7, 11) is 1.27. The van der Waals surface area contributed by atoms with Crippen molar-refractivity contribution in [1.29, 1.82) is 0 Å². The highest BCUT2D eigenvalue weighted by molar-refractivity contribution is 5.92. The normalized spacial score (nSPS) is 24.8. The van der Waals surface area contributed by atoms with Crippen LogP contribution in [0.2, 0.25) is 0 Å². The number of pyridine rings is 1. The minimum Gasteiger partial charge on any atom is -0.487 e. The molecule has 3 aliphatic rings. The highest BCUT2D eigenvalue weighted by Crippen LogP contribution is 2.57. The summed E-state index contributed by atoms with van der Waals surface area (Å²) in [6.45, 7) is -0.526. The van der Waals surface area contributed by atoms with Crippen LogP contribution in [-0.2, 0) is 15.1 Å². The summed E-state index contributed by atoms with van der Waals surface area (Å²) in [4.78, 5) is 18.8. The molecule has 5 rings (SSSR count). The topological polar surface area (TPSA) is 70.1 Å². The molecule has 1 aliphatic carbocycles. The first kappa shape index (κ1) is 24.7. The van der Waals surface area contributed by atoms with Crippen LogP contribution in [-0.4, -0.2) is 61.7 Å². The van der Waals surface area contributed by atoms with Gasteiger partial charge in [-0.15, -0.1) is 0 Å². The van der Waals surface area contributed by atoms with E-state index in [1.807, 2.05) is 0 Å². The molecule has 0 N–H and O–H groups in total. The minimum absolute atomic E-state index is 0.00339. The Bertz CT molecular complexity index is 1170. The number of rotatable bonds is 6. The number of alkyl halides is 3. The van der Waals surface area contributed by atoms with E-state index in [0.29, 0.717) is 0 Å². The van der Waals surface area contributed by atoms with Crippen molar-refractivity contribution in [2.75, 3.05) is 33.6 Å². The van der Waals surface area contributed by atoms with Gasteiger partial charge in [0.15, 0.2) is 17.4 Å². The molecule has 1 saturated carbocycles. The van der Waals surface area contributed by atoms with Crippen molar-refractivity contribution in [1.82, 2.24) is 9.88 Å². The van der Waals surface area contributed by atoms with Crippen molar-refractivity contribution in [3.63, 3.8) is 0 Å². The number of amides is 1. The first-order chi connectivity index (χ1) is 17.1. The number of fused-ring (bicyclic) bond motifs is 1. The number of piperidine rings is 1. The van der Waals surface area contributed by atoms with E-state index in [2.05, 4.69) is 4.98 Å². The van der Waals surface area contributed by atoms with Gasteiger partial charge in [0, 0.05) is 18.5 Å². The van der Waals surface area contributed by atoms with Crippen LogP contribution in [0.25, 0.3) is 0 Å². The molecule has 2 atom stereocenters. The number of carbonyl (C=O) groups excluding carboxylic acids is 1. The SMILES string of the molecule is COc1nc(C(=O)N2CCC3(c4cccc(F)c4F)OCOC3C2)ccc1OCC1(C(F)(F)F)CC1. The molecule has 1 aromatic heterocycles. The average molecular weight is 514 g/mol. The first-order valence-electron chi connectivity index (χ1n) is 11.3. The Morgan fingerprint density at radius 1 is 1.19 bits per heavy atom. The predicted octanol–water partition coefficient (Wildman–Crippen LogP) is 4.20. The number of methoxy groups -OCH3 is 1. The van der Waals surface area contributed by atoms with E-state index in [4.69, 9.17) is 18.9 Å². The number of halogens is 5. The Balaban J connectivity index is 1.31. The molecule has 7 nitrogen and oxygen atoms in total. The van der Waals surface area contributed by atoms with Crippen LogP contribution in [0, 0.1) is 17.0 Å². The van der Waals surface area contributed by atoms with Crippen molar-refractivity contribution in [2.24, 2.45) is 5.41 Å². The van der Waals surface area contributed by atoms with E-state index < -0.39 is 47.4 Å². The molecule has 0 radical (unpaired) electrons. The second-order valence-corrected chi connectivity index (χ2v) is 9.18. The van der Waals surface area contributed by atoms with Crippen LogP contribution >= 0.6 is 0 Å². The van der Waals surface area contributed by atoms with Gasteiger partial charge in [0.05, 0.1) is 13.7 Å². The van der Waals surface area contributed by atoms with Gasteiger partial charge in [-0.1, -0.05) is 12.1 Å². The lowest BCUT2D eigenvalue weighted by molar-refractivity contribution is -0.194. The molecule has 12 heteroatoms. The van der Waals surface area contributed by atoms with Gasteiger partial charge in [0.2, 0.25) is 0 Å². The second kappa shape index (κ2) is 8.84. The van der Waals surface area contributed by atoms with E-state index in [9.17, 15) is 26.7 Å². The largest absolute Gasteiger partial charge is 0.487 e. The molecule has 0 bridgehead atoms. The standard InChI is InChI=1S/C24H23F5N2O5/c1-33-20-17(34-12-22(7-8-22)24(27,28)29)6-5-16(30-20)21(32)31-10-9-23(18(11-31)35-13-36-23)14-3-2-4-15(25)19(14)26/h2-6,18H,7-13H2,1H3. The predicted molar refractivity (Wildman–Crippen MR) is 113 cm³/mol. The number of benzene rings is 1. The van der Waals surface area contributed by atoms with E-state index in [-0.39, 0.29) is 62.0 Å². The molecule has 1 aromatic carbocycles. The van der Waals surface area contributed by atoms with Crippen LogP contribution < -0.4 is 9.47 Å². The quantitative estimate of drug-likeness (QED) is 0.539. The lowest BCUT2D eigenvalue weighted by atomic mass is 9.81. The smallest absolute Gasteiger partial charge is 0.397 e. The zero-order chi connectivity index (χ0) is 25.7. The fourth-order valence-electron chi connectivity index (χ4n) is 4.72. The third kappa shape index (κ3) is 4.05. The van der Waals surface area contributed by atoms with Crippen molar-refractivity contribution in [3.05, 3.63) is 53.2 Å². The summed E-state index contributed by atoms with van der Waals surface area (Å²) >= 11 is 0. The van der Waals surface area contributed by atoms with Crippen molar-refractivity contribution in [2.45, 2.75) is 37.1 Å². The van der Waals surface area contributed by atoms with Crippen molar-refractivity contribution in [3.8, 4) is 11.6 Å². The second-order valence-electron chi connectivity index (χ2n) is 9.18. The van der Waals surface area contributed by atoms with Gasteiger partial charge < -0.3 is 23.8 Å². The number of carbonyl (C=O) groups is 1. The van der Waals surface area contributed by atoms with Crippen LogP contribution in [0.3, 0.4) is 0 Å². The highest BCUT2D eigenvalue weighted by Gasteiger charge is 2.64. The third-order valence-electron chi connectivity index (χ3n) is 7.14. The number of ether oxygens (including phenoxy) is 4. The Morgan fingerprint density at radius 3 is 2.67 bits per heavy atom. The lowest BCUT2D eigenvalue weighted by Gasteiger charge is -2.41. The van der Waals surface area contributed by atoms with E-state index >= 15 is 0 Å². The van der Waals surface area contributed by atoms with E-state index in [1.165, 1.54) is 36.3 Å². The fourth-order valence-corrected chi connectivity index (χ4v) is 4.72. The Kier molecular flexibility index (Phi) is 6.06. The summed E-state index contributed by atoms with van der Waals surface area (Å²) in [5.74, 6) is -2.63. The molecule has 2 saturated heterocycles. The maximum Gasteiger partial charge on any atom is 0.397 e.